The number of amides is 1. The predicted molar refractivity (Wildman–Crippen MR) is 119 cm³/mol. The molecule has 0 heterocycles. The highest BCUT2D eigenvalue weighted by Crippen LogP contribution is 2.22. The Morgan fingerprint density at radius 1 is 1.10 bits per heavy atom. The van der Waals surface area contributed by atoms with Gasteiger partial charge in [-0.25, -0.2) is 12.7 Å². The van der Waals surface area contributed by atoms with E-state index in [9.17, 15) is 13.2 Å². The van der Waals surface area contributed by atoms with Crippen LogP contribution in [0.25, 0.3) is 0 Å². The fourth-order valence-electron chi connectivity index (χ4n) is 2.83. The number of ether oxygens (including phenoxy) is 1. The number of hydrogen-bond donors (Lipinski definition) is 1. The smallest absolute Gasteiger partial charge is 0.242 e. The van der Waals surface area contributed by atoms with Crippen LogP contribution in [0.4, 0.5) is 5.69 Å². The Balaban J connectivity index is 2.09. The lowest BCUT2D eigenvalue weighted by Gasteiger charge is -2.24. The largest absolute Gasteiger partial charge is 0.494 e. The third-order valence-electron chi connectivity index (χ3n) is 4.95. The number of nitrogens with one attached hydrogen (secondary N) is 1. The first kappa shape index (κ1) is 23.9. The first-order valence-corrected chi connectivity index (χ1v) is 11.3. The van der Waals surface area contributed by atoms with Gasteiger partial charge in [0.2, 0.25) is 15.9 Å². The maximum atomic E-state index is 12.8. The summed E-state index contributed by atoms with van der Waals surface area (Å²) in [5.74, 6) is 0.615. The van der Waals surface area contributed by atoms with E-state index < -0.39 is 16.1 Å². The molecule has 1 atom stereocenters. The molecule has 2 rings (SSSR count). The molecule has 0 spiro atoms. The summed E-state index contributed by atoms with van der Waals surface area (Å²) < 4.78 is 31.4. The molecule has 0 saturated heterocycles. The van der Waals surface area contributed by atoms with Crippen LogP contribution in [0.15, 0.2) is 47.4 Å². The molecule has 0 aliphatic rings. The van der Waals surface area contributed by atoms with Gasteiger partial charge in [0.25, 0.3) is 0 Å². The van der Waals surface area contributed by atoms with E-state index in [2.05, 4.69) is 5.32 Å². The molecule has 0 radical (unpaired) electrons. The molecule has 2 aromatic rings. The maximum absolute atomic E-state index is 12.8. The minimum absolute atomic E-state index is 0.142. The average Bonchev–Trinajstić information content (AvgIpc) is 2.70. The summed E-state index contributed by atoms with van der Waals surface area (Å²) >= 11 is 0. The van der Waals surface area contributed by atoms with Crippen molar-refractivity contribution in [1.29, 1.82) is 0 Å². The summed E-state index contributed by atoms with van der Waals surface area (Å²) in [4.78, 5) is 14.9. The molecule has 1 N–H and O–H groups in total. The van der Waals surface area contributed by atoms with Crippen molar-refractivity contribution in [3.05, 3.63) is 53.6 Å². The van der Waals surface area contributed by atoms with Crippen LogP contribution in [0.3, 0.4) is 0 Å². The fourth-order valence-corrected chi connectivity index (χ4v) is 3.76. The monoisotopic (exact) mass is 433 g/mol. The van der Waals surface area contributed by atoms with Gasteiger partial charge in [-0.1, -0.05) is 18.2 Å². The Morgan fingerprint density at radius 3 is 2.30 bits per heavy atom. The van der Waals surface area contributed by atoms with Crippen molar-refractivity contribution in [3.8, 4) is 5.75 Å². The topological polar surface area (TPSA) is 79.0 Å². The van der Waals surface area contributed by atoms with Crippen molar-refractivity contribution in [1.82, 2.24) is 9.21 Å². The van der Waals surface area contributed by atoms with Crippen molar-refractivity contribution in [2.75, 3.05) is 33.1 Å². The van der Waals surface area contributed by atoms with Gasteiger partial charge < -0.3 is 10.1 Å². The Bertz CT molecular complexity index is 972. The van der Waals surface area contributed by atoms with Gasteiger partial charge in [-0.05, 0) is 63.2 Å². The summed E-state index contributed by atoms with van der Waals surface area (Å²) in [5.41, 5.74) is 2.35. The number of carbonyl (C=O) groups is 1. The van der Waals surface area contributed by atoms with Crippen LogP contribution in [0, 0.1) is 6.92 Å². The molecule has 30 heavy (non-hydrogen) atoms. The highest BCUT2D eigenvalue weighted by Gasteiger charge is 2.22. The van der Waals surface area contributed by atoms with Gasteiger partial charge in [-0.3, -0.25) is 9.69 Å². The molecule has 2 aromatic carbocycles. The highest BCUT2D eigenvalue weighted by atomic mass is 32.2. The quantitative estimate of drug-likeness (QED) is 0.657. The lowest BCUT2D eigenvalue weighted by atomic mass is 10.1. The van der Waals surface area contributed by atoms with E-state index >= 15 is 0 Å². The van der Waals surface area contributed by atoms with Crippen molar-refractivity contribution >= 4 is 21.6 Å². The van der Waals surface area contributed by atoms with Crippen molar-refractivity contribution < 1.29 is 17.9 Å². The lowest BCUT2D eigenvalue weighted by Crippen LogP contribution is -2.39. The zero-order valence-electron chi connectivity index (χ0n) is 18.5. The lowest BCUT2D eigenvalue weighted by molar-refractivity contribution is -0.120. The number of sulfonamides is 1. The number of rotatable bonds is 9. The summed E-state index contributed by atoms with van der Waals surface area (Å²) in [6, 6.07) is 12.1. The maximum Gasteiger partial charge on any atom is 0.242 e. The zero-order chi connectivity index (χ0) is 22.5. The third-order valence-corrected chi connectivity index (χ3v) is 6.76. The van der Waals surface area contributed by atoms with E-state index in [1.165, 1.54) is 20.2 Å². The molecular formula is C22H31N3O4S. The molecular weight excluding hydrogens is 402 g/mol. The van der Waals surface area contributed by atoms with E-state index in [0.717, 1.165) is 21.2 Å². The number of benzene rings is 2. The molecule has 0 saturated carbocycles. The van der Waals surface area contributed by atoms with Gasteiger partial charge in [0, 0.05) is 26.3 Å². The van der Waals surface area contributed by atoms with Crippen LogP contribution in [-0.2, 0) is 21.4 Å². The van der Waals surface area contributed by atoms with Crippen LogP contribution in [0.1, 0.15) is 25.0 Å². The van der Waals surface area contributed by atoms with Gasteiger partial charge in [-0.15, -0.1) is 0 Å². The van der Waals surface area contributed by atoms with E-state index in [1.54, 1.807) is 12.1 Å². The Hall–Kier alpha value is -2.42. The van der Waals surface area contributed by atoms with Crippen molar-refractivity contribution in [2.24, 2.45) is 0 Å². The number of aryl methyl sites for hydroxylation is 1. The van der Waals surface area contributed by atoms with Crippen LogP contribution in [-0.4, -0.2) is 57.3 Å². The van der Waals surface area contributed by atoms with Crippen LogP contribution in [0.2, 0.25) is 0 Å². The Morgan fingerprint density at radius 2 is 1.73 bits per heavy atom. The number of hydrogen-bond acceptors (Lipinski definition) is 5. The van der Waals surface area contributed by atoms with Crippen LogP contribution < -0.4 is 10.1 Å². The highest BCUT2D eigenvalue weighted by molar-refractivity contribution is 7.89. The van der Waals surface area contributed by atoms with Crippen molar-refractivity contribution in [3.63, 3.8) is 0 Å². The molecule has 0 bridgehead atoms. The first-order valence-electron chi connectivity index (χ1n) is 9.82. The number of anilines is 1. The summed E-state index contributed by atoms with van der Waals surface area (Å²) in [7, 11) is 1.25. The minimum atomic E-state index is -3.58. The van der Waals surface area contributed by atoms with E-state index in [-0.39, 0.29) is 10.8 Å². The van der Waals surface area contributed by atoms with Gasteiger partial charge in [-0.2, -0.15) is 0 Å². The second-order valence-corrected chi connectivity index (χ2v) is 9.57. The molecule has 0 aliphatic heterocycles. The van der Waals surface area contributed by atoms with Gasteiger partial charge in [0.05, 0.1) is 17.5 Å². The first-order chi connectivity index (χ1) is 14.1. The van der Waals surface area contributed by atoms with Gasteiger partial charge >= 0.3 is 0 Å². The van der Waals surface area contributed by atoms with E-state index in [0.29, 0.717) is 18.8 Å². The molecule has 0 fully saturated rings. The summed E-state index contributed by atoms with van der Waals surface area (Å²) in [5, 5.41) is 2.87. The molecule has 0 aliphatic carbocycles. The normalized spacial score (nSPS) is 12.8. The molecule has 7 nitrogen and oxygen atoms in total. The van der Waals surface area contributed by atoms with Gasteiger partial charge in [0.15, 0.2) is 0 Å². The molecule has 0 unspecified atom stereocenters. The molecule has 8 heteroatoms. The molecule has 164 valence electrons. The predicted octanol–water partition coefficient (Wildman–Crippen LogP) is 3.10. The van der Waals surface area contributed by atoms with Crippen molar-refractivity contribution in [2.45, 2.75) is 38.3 Å². The second-order valence-electron chi connectivity index (χ2n) is 7.42. The van der Waals surface area contributed by atoms with Crippen LogP contribution in [0.5, 0.6) is 5.75 Å². The molecule has 1 amide bonds. The van der Waals surface area contributed by atoms with E-state index in [4.69, 9.17) is 4.74 Å². The molecule has 0 aromatic heterocycles. The minimum Gasteiger partial charge on any atom is -0.494 e. The standard InChI is InChI=1S/C22H31N3O4S/c1-7-29-19-11-9-18(10-12-19)15-25(6)17(3)22(26)23-21-14-20(13-8-16(21)2)30(27,28)24(4)5/h8-14,17H,7,15H2,1-6H3,(H,23,26)/t17-/m1/s1. The second kappa shape index (κ2) is 10.1. The average molecular weight is 434 g/mol. The summed E-state index contributed by atoms with van der Waals surface area (Å²) in [6.07, 6.45) is 0. The van der Waals surface area contributed by atoms with Crippen LogP contribution >= 0.6 is 0 Å². The zero-order valence-corrected chi connectivity index (χ0v) is 19.3. The number of nitrogens with zero attached hydrogens (tertiary/aromatic N) is 2. The Kier molecular flexibility index (Phi) is 8.00. The van der Waals surface area contributed by atoms with Gasteiger partial charge in [0.1, 0.15) is 5.75 Å². The Labute approximate surface area is 179 Å². The fraction of sp³-hybridized carbons (Fsp3) is 0.409. The van der Waals surface area contributed by atoms with E-state index in [1.807, 2.05) is 57.0 Å². The number of likely N-dealkylation sites (N-methyl/N-ethyl adjacent to an activating group) is 1. The summed E-state index contributed by atoms with van der Waals surface area (Å²) in [6.45, 7) is 6.80. The number of carbonyl (C=O) groups excluding carboxylic acids is 1. The SMILES string of the molecule is CCOc1ccc(CN(C)[C@H](C)C(=O)Nc2cc(S(=O)(=O)N(C)C)ccc2C)cc1. The third kappa shape index (κ3) is 5.81.